The van der Waals surface area contributed by atoms with Gasteiger partial charge in [-0.25, -0.2) is 0 Å². The first-order valence-corrected chi connectivity index (χ1v) is 9.61. The first-order chi connectivity index (χ1) is 13.7. The maximum Gasteiger partial charge on any atom is 0.0998 e. The number of hydrogen-bond acceptors (Lipinski definition) is 4. The van der Waals surface area contributed by atoms with Gasteiger partial charge in [0.1, 0.15) is 0 Å². The summed E-state index contributed by atoms with van der Waals surface area (Å²) in [6.45, 7) is 4.56. The molecule has 0 N–H and O–H groups in total. The lowest BCUT2D eigenvalue weighted by Gasteiger charge is -2.32. The molecule has 0 bridgehead atoms. The van der Waals surface area contributed by atoms with E-state index < -0.39 is 0 Å². The molecule has 0 saturated carbocycles. The van der Waals surface area contributed by atoms with Crippen LogP contribution in [0, 0.1) is 23.2 Å². The Labute approximate surface area is 165 Å². The summed E-state index contributed by atoms with van der Waals surface area (Å²) in [5.41, 5.74) is 5.61. The van der Waals surface area contributed by atoms with Gasteiger partial charge in [-0.1, -0.05) is 44.2 Å². The van der Waals surface area contributed by atoms with Crippen molar-refractivity contribution in [1.82, 2.24) is 15.0 Å². The minimum Gasteiger partial charge on any atom is -0.258 e. The molecule has 0 fully saturated rings. The number of nitriles is 1. The van der Waals surface area contributed by atoms with Crippen molar-refractivity contribution in [3.8, 4) is 17.2 Å². The molecule has 138 valence electrons. The molecular weight excluding hydrogens is 344 g/mol. The van der Waals surface area contributed by atoms with Crippen LogP contribution in [0.4, 0.5) is 0 Å². The Morgan fingerprint density at radius 1 is 1.04 bits per heavy atom. The number of fused-ring (bicyclic) bond motifs is 1. The summed E-state index contributed by atoms with van der Waals surface area (Å²) in [6, 6.07) is 13.8. The summed E-state index contributed by atoms with van der Waals surface area (Å²) >= 11 is 0. The standard InChI is InChI=1S/C24H22N4/c1-16-13-23-24(27-12-11-26-23)21(17(16)2)10-9-20-8-7-19(15-28-20)22-6-4-3-5-18(22)14-25/h3-12,15-17,21H,13H2,1-2H3/t16-,17+,21-/m0/s1. The number of rotatable bonds is 3. The largest absolute Gasteiger partial charge is 0.258 e. The summed E-state index contributed by atoms with van der Waals surface area (Å²) < 4.78 is 0. The van der Waals surface area contributed by atoms with Crippen molar-refractivity contribution in [2.45, 2.75) is 26.2 Å². The molecular formula is C24H22N4. The fourth-order valence-corrected chi connectivity index (χ4v) is 3.87. The summed E-state index contributed by atoms with van der Waals surface area (Å²) in [6.07, 6.45) is 10.6. The van der Waals surface area contributed by atoms with Crippen LogP contribution in [0.2, 0.25) is 0 Å². The molecule has 1 aliphatic rings. The SMILES string of the molecule is C[C@H]1[C@H](C=Cc2ccc(-c3ccccc3C#N)cn2)c2nccnc2C[C@@H]1C. The molecule has 3 atom stereocenters. The molecule has 0 aliphatic heterocycles. The number of benzene rings is 1. The van der Waals surface area contributed by atoms with Gasteiger partial charge in [-0.2, -0.15) is 5.26 Å². The number of nitrogens with zero attached hydrogens (tertiary/aromatic N) is 4. The highest BCUT2D eigenvalue weighted by Crippen LogP contribution is 2.38. The summed E-state index contributed by atoms with van der Waals surface area (Å²) in [7, 11) is 0. The van der Waals surface area contributed by atoms with Crippen molar-refractivity contribution in [3.63, 3.8) is 0 Å². The van der Waals surface area contributed by atoms with E-state index in [0.717, 1.165) is 34.6 Å². The molecule has 0 spiro atoms. The fraction of sp³-hybridized carbons (Fsp3) is 0.250. The summed E-state index contributed by atoms with van der Waals surface area (Å²) in [5.74, 6) is 1.31. The van der Waals surface area contributed by atoms with E-state index in [1.165, 1.54) is 0 Å². The molecule has 0 saturated heterocycles. The molecule has 0 radical (unpaired) electrons. The minimum absolute atomic E-state index is 0.244. The lowest BCUT2D eigenvalue weighted by molar-refractivity contribution is 0.322. The zero-order chi connectivity index (χ0) is 19.5. The van der Waals surface area contributed by atoms with Gasteiger partial charge in [0.05, 0.1) is 28.7 Å². The molecule has 3 aromatic rings. The monoisotopic (exact) mass is 366 g/mol. The Morgan fingerprint density at radius 2 is 1.86 bits per heavy atom. The second kappa shape index (κ2) is 7.74. The van der Waals surface area contributed by atoms with E-state index >= 15 is 0 Å². The van der Waals surface area contributed by atoms with Crippen molar-refractivity contribution in [3.05, 3.63) is 83.7 Å². The molecule has 1 aromatic carbocycles. The van der Waals surface area contributed by atoms with E-state index in [1.807, 2.05) is 42.6 Å². The quantitative estimate of drug-likeness (QED) is 0.652. The molecule has 0 amide bonds. The number of allylic oxidation sites excluding steroid dienone is 1. The van der Waals surface area contributed by atoms with E-state index in [0.29, 0.717) is 17.4 Å². The van der Waals surface area contributed by atoms with E-state index in [-0.39, 0.29) is 5.92 Å². The van der Waals surface area contributed by atoms with Crippen LogP contribution in [0.25, 0.3) is 17.2 Å². The van der Waals surface area contributed by atoms with Gasteiger partial charge in [0, 0.05) is 35.6 Å². The van der Waals surface area contributed by atoms with Crippen molar-refractivity contribution >= 4 is 6.08 Å². The van der Waals surface area contributed by atoms with Crippen LogP contribution < -0.4 is 0 Å². The third kappa shape index (κ3) is 3.44. The van der Waals surface area contributed by atoms with E-state index in [2.05, 4.69) is 47.0 Å². The average Bonchev–Trinajstić information content (AvgIpc) is 2.74. The Hall–Kier alpha value is -3.32. The molecule has 2 aromatic heterocycles. The van der Waals surface area contributed by atoms with Gasteiger partial charge in [0.2, 0.25) is 0 Å². The van der Waals surface area contributed by atoms with E-state index in [4.69, 9.17) is 0 Å². The lowest BCUT2D eigenvalue weighted by Crippen LogP contribution is -2.26. The maximum atomic E-state index is 9.30. The van der Waals surface area contributed by atoms with Gasteiger partial charge in [-0.05, 0) is 36.5 Å². The Bertz CT molecular complexity index is 1050. The third-order valence-corrected chi connectivity index (χ3v) is 5.72. The van der Waals surface area contributed by atoms with Crippen molar-refractivity contribution < 1.29 is 0 Å². The highest BCUT2D eigenvalue weighted by Gasteiger charge is 2.31. The first-order valence-electron chi connectivity index (χ1n) is 9.61. The number of pyridine rings is 1. The van der Waals surface area contributed by atoms with Crippen LogP contribution in [0.15, 0.2) is 61.1 Å². The zero-order valence-corrected chi connectivity index (χ0v) is 16.1. The van der Waals surface area contributed by atoms with Gasteiger partial charge >= 0.3 is 0 Å². The average molecular weight is 366 g/mol. The topological polar surface area (TPSA) is 62.5 Å². The number of aromatic nitrogens is 3. The fourth-order valence-electron chi connectivity index (χ4n) is 3.87. The zero-order valence-electron chi connectivity index (χ0n) is 16.1. The molecule has 4 nitrogen and oxygen atoms in total. The normalized spacial score (nSPS) is 21.2. The predicted molar refractivity (Wildman–Crippen MR) is 110 cm³/mol. The molecule has 4 heteroatoms. The molecule has 2 heterocycles. The van der Waals surface area contributed by atoms with Gasteiger partial charge in [-0.3, -0.25) is 15.0 Å². The molecule has 28 heavy (non-hydrogen) atoms. The second-order valence-electron chi connectivity index (χ2n) is 7.44. The van der Waals surface area contributed by atoms with Crippen molar-refractivity contribution in [2.75, 3.05) is 0 Å². The van der Waals surface area contributed by atoms with Crippen LogP contribution in [-0.4, -0.2) is 15.0 Å². The van der Waals surface area contributed by atoms with Gasteiger partial charge in [-0.15, -0.1) is 0 Å². The van der Waals surface area contributed by atoms with E-state index in [9.17, 15) is 5.26 Å². The van der Waals surface area contributed by atoms with Crippen LogP contribution >= 0.6 is 0 Å². The van der Waals surface area contributed by atoms with Crippen LogP contribution in [0.5, 0.6) is 0 Å². The van der Waals surface area contributed by atoms with Gasteiger partial charge in [0.25, 0.3) is 0 Å². The molecule has 0 unspecified atom stereocenters. The maximum absolute atomic E-state index is 9.30. The Kier molecular flexibility index (Phi) is 4.99. The third-order valence-electron chi connectivity index (χ3n) is 5.72. The minimum atomic E-state index is 0.244. The number of hydrogen-bond donors (Lipinski definition) is 0. The van der Waals surface area contributed by atoms with Crippen molar-refractivity contribution in [1.29, 1.82) is 5.26 Å². The van der Waals surface area contributed by atoms with Gasteiger partial charge in [0.15, 0.2) is 0 Å². The van der Waals surface area contributed by atoms with Crippen LogP contribution in [-0.2, 0) is 6.42 Å². The van der Waals surface area contributed by atoms with E-state index in [1.54, 1.807) is 12.4 Å². The smallest absolute Gasteiger partial charge is 0.0998 e. The highest BCUT2D eigenvalue weighted by molar-refractivity contribution is 5.70. The first kappa shape index (κ1) is 18.1. The highest BCUT2D eigenvalue weighted by atomic mass is 14.8. The van der Waals surface area contributed by atoms with Crippen molar-refractivity contribution in [2.24, 2.45) is 11.8 Å². The summed E-state index contributed by atoms with van der Waals surface area (Å²) in [5, 5.41) is 9.30. The van der Waals surface area contributed by atoms with Crippen LogP contribution in [0.3, 0.4) is 0 Å². The summed E-state index contributed by atoms with van der Waals surface area (Å²) in [4.78, 5) is 13.7. The predicted octanol–water partition coefficient (Wildman–Crippen LogP) is 5.04. The molecule has 1 aliphatic carbocycles. The molecule has 4 rings (SSSR count). The van der Waals surface area contributed by atoms with Crippen LogP contribution in [0.1, 0.15) is 42.4 Å². The van der Waals surface area contributed by atoms with Gasteiger partial charge < -0.3 is 0 Å². The Balaban J connectivity index is 1.60. The lowest BCUT2D eigenvalue weighted by atomic mass is 9.74. The second-order valence-corrected chi connectivity index (χ2v) is 7.44. The Morgan fingerprint density at radius 3 is 2.64 bits per heavy atom.